The highest BCUT2D eigenvalue weighted by molar-refractivity contribution is 5.66. The maximum absolute atomic E-state index is 10.3. The van der Waals surface area contributed by atoms with E-state index in [0.29, 0.717) is 6.42 Å². The fraction of sp³-hybridized carbons (Fsp3) is 0.500. The van der Waals surface area contributed by atoms with E-state index in [0.717, 1.165) is 32.1 Å². The van der Waals surface area contributed by atoms with Crippen molar-refractivity contribution in [1.82, 2.24) is 0 Å². The second-order valence-corrected chi connectivity index (χ2v) is 4.73. The lowest BCUT2D eigenvalue weighted by molar-refractivity contribution is -0.137. The molecule has 0 amide bonds. The van der Waals surface area contributed by atoms with Crippen LogP contribution in [0.4, 0.5) is 0 Å². The number of hydrogen-bond acceptors (Lipinski definition) is 1. The molecule has 0 saturated carbocycles. The highest BCUT2D eigenvalue weighted by Crippen LogP contribution is 2.07. The van der Waals surface area contributed by atoms with E-state index in [1.807, 2.05) is 24.3 Å². The van der Waals surface area contributed by atoms with Crippen molar-refractivity contribution in [3.8, 4) is 0 Å². The quantitative estimate of drug-likeness (QED) is 0.381. The molecule has 0 aromatic rings. The average molecular weight is 276 g/mol. The summed E-state index contributed by atoms with van der Waals surface area (Å²) in [6.07, 6.45) is 24.4. The molecule has 0 rings (SSSR count). The molecule has 0 bridgehead atoms. The van der Waals surface area contributed by atoms with Crippen molar-refractivity contribution >= 4 is 5.97 Å². The molecule has 0 aromatic heterocycles. The molecular weight excluding hydrogens is 248 g/mol. The van der Waals surface area contributed by atoms with Crippen molar-refractivity contribution in [3.63, 3.8) is 0 Å². The number of hydrogen-bond donors (Lipinski definition) is 1. The molecule has 0 aromatic carbocycles. The monoisotopic (exact) mass is 276 g/mol. The van der Waals surface area contributed by atoms with E-state index >= 15 is 0 Å². The van der Waals surface area contributed by atoms with E-state index in [2.05, 4.69) is 31.2 Å². The summed E-state index contributed by atoms with van der Waals surface area (Å²) >= 11 is 0. The molecule has 20 heavy (non-hydrogen) atoms. The van der Waals surface area contributed by atoms with Gasteiger partial charge in [0, 0.05) is 6.42 Å². The van der Waals surface area contributed by atoms with Gasteiger partial charge in [-0.25, -0.2) is 0 Å². The number of rotatable bonds is 12. The number of carboxylic acids is 1. The molecule has 0 spiro atoms. The van der Waals surface area contributed by atoms with Crippen LogP contribution in [0.1, 0.15) is 58.3 Å². The highest BCUT2D eigenvalue weighted by atomic mass is 16.4. The Morgan fingerprint density at radius 3 is 2.00 bits per heavy atom. The zero-order valence-corrected chi connectivity index (χ0v) is 12.6. The summed E-state index contributed by atoms with van der Waals surface area (Å²) in [5.41, 5.74) is 0. The van der Waals surface area contributed by atoms with Gasteiger partial charge in [0.1, 0.15) is 0 Å². The number of allylic oxidation sites excluding steroid dienone is 8. The second kappa shape index (κ2) is 15.5. The first-order chi connectivity index (χ1) is 9.77. The van der Waals surface area contributed by atoms with Crippen molar-refractivity contribution < 1.29 is 9.90 Å². The van der Waals surface area contributed by atoms with Gasteiger partial charge in [0.2, 0.25) is 0 Å². The Hall–Kier alpha value is -1.57. The molecule has 0 unspecified atom stereocenters. The minimum atomic E-state index is -0.682. The Kier molecular flexibility index (Phi) is 14.3. The smallest absolute Gasteiger partial charge is 0.303 e. The van der Waals surface area contributed by atoms with Gasteiger partial charge in [0.15, 0.2) is 0 Å². The standard InChI is InChI=1S/C18H28O2/c1-2-3-4-5-6-7-8-9-10-11-12-13-14-15-16-17-18(19)20/h3-10H,2,11-17H2,1H3,(H,19,20)/b4-3-,6-5+,8-7+,10-9+. The van der Waals surface area contributed by atoms with Crippen LogP contribution in [0.3, 0.4) is 0 Å². The normalized spacial score (nSPS) is 12.4. The molecule has 0 aliphatic carbocycles. The van der Waals surface area contributed by atoms with Crippen LogP contribution >= 0.6 is 0 Å². The number of carboxylic acid groups (broad SMARTS) is 1. The topological polar surface area (TPSA) is 37.3 Å². The summed E-state index contributed by atoms with van der Waals surface area (Å²) in [7, 11) is 0. The fourth-order valence-electron chi connectivity index (χ4n) is 1.71. The minimum Gasteiger partial charge on any atom is -0.481 e. The van der Waals surface area contributed by atoms with Gasteiger partial charge in [-0.15, -0.1) is 0 Å². The first kappa shape index (κ1) is 18.4. The molecule has 0 atom stereocenters. The predicted octanol–water partition coefficient (Wildman–Crippen LogP) is 5.44. The van der Waals surface area contributed by atoms with Crippen LogP contribution < -0.4 is 0 Å². The Bertz CT molecular complexity index is 335. The zero-order chi connectivity index (χ0) is 14.9. The van der Waals surface area contributed by atoms with E-state index in [4.69, 9.17) is 5.11 Å². The summed E-state index contributed by atoms with van der Waals surface area (Å²) in [5, 5.41) is 8.49. The number of aliphatic carboxylic acids is 1. The SMILES string of the molecule is CC\C=C/C=C/C=C/C=C/CCCCCCCC(=O)O. The number of unbranched alkanes of at least 4 members (excludes halogenated alkanes) is 5. The van der Waals surface area contributed by atoms with Crippen molar-refractivity contribution in [1.29, 1.82) is 0 Å². The van der Waals surface area contributed by atoms with Crippen molar-refractivity contribution in [2.45, 2.75) is 58.3 Å². The van der Waals surface area contributed by atoms with Gasteiger partial charge in [0.25, 0.3) is 0 Å². The van der Waals surface area contributed by atoms with Crippen LogP contribution in [0, 0.1) is 0 Å². The lowest BCUT2D eigenvalue weighted by atomic mass is 10.1. The van der Waals surface area contributed by atoms with Gasteiger partial charge >= 0.3 is 5.97 Å². The average Bonchev–Trinajstić information content (AvgIpc) is 2.43. The first-order valence-electron chi connectivity index (χ1n) is 7.64. The molecule has 0 radical (unpaired) electrons. The third-order valence-corrected chi connectivity index (χ3v) is 2.82. The molecule has 2 nitrogen and oxygen atoms in total. The Morgan fingerprint density at radius 1 is 0.800 bits per heavy atom. The summed E-state index contributed by atoms with van der Waals surface area (Å²) in [6.45, 7) is 2.12. The minimum absolute atomic E-state index is 0.311. The van der Waals surface area contributed by atoms with Gasteiger partial charge < -0.3 is 5.11 Å². The molecule has 0 aliphatic rings. The molecule has 0 fully saturated rings. The number of carbonyl (C=O) groups is 1. The predicted molar refractivity (Wildman–Crippen MR) is 86.8 cm³/mol. The molecule has 1 N–H and O–H groups in total. The van der Waals surface area contributed by atoms with Gasteiger partial charge in [-0.2, -0.15) is 0 Å². The summed E-state index contributed by atoms with van der Waals surface area (Å²) in [5.74, 6) is -0.682. The Morgan fingerprint density at radius 2 is 1.35 bits per heavy atom. The van der Waals surface area contributed by atoms with Gasteiger partial charge in [-0.1, -0.05) is 74.8 Å². The van der Waals surface area contributed by atoms with Crippen molar-refractivity contribution in [2.75, 3.05) is 0 Å². The second-order valence-electron chi connectivity index (χ2n) is 4.73. The Labute approximate surface area is 123 Å². The largest absolute Gasteiger partial charge is 0.481 e. The van der Waals surface area contributed by atoms with E-state index in [9.17, 15) is 4.79 Å². The Balaban J connectivity index is 3.35. The maximum Gasteiger partial charge on any atom is 0.303 e. The highest BCUT2D eigenvalue weighted by Gasteiger charge is 1.95. The first-order valence-corrected chi connectivity index (χ1v) is 7.64. The zero-order valence-electron chi connectivity index (χ0n) is 12.6. The van der Waals surface area contributed by atoms with Crippen molar-refractivity contribution in [2.24, 2.45) is 0 Å². The van der Waals surface area contributed by atoms with Crippen LogP contribution in [0.5, 0.6) is 0 Å². The van der Waals surface area contributed by atoms with E-state index in [1.54, 1.807) is 0 Å². The van der Waals surface area contributed by atoms with E-state index in [1.165, 1.54) is 12.8 Å². The van der Waals surface area contributed by atoms with E-state index < -0.39 is 5.97 Å². The third-order valence-electron chi connectivity index (χ3n) is 2.82. The van der Waals surface area contributed by atoms with Crippen molar-refractivity contribution in [3.05, 3.63) is 48.6 Å². The molecule has 112 valence electrons. The summed E-state index contributed by atoms with van der Waals surface area (Å²) in [6, 6.07) is 0. The van der Waals surface area contributed by atoms with Crippen LogP contribution in [0.15, 0.2) is 48.6 Å². The lowest BCUT2D eigenvalue weighted by Gasteiger charge is -1.97. The van der Waals surface area contributed by atoms with Gasteiger partial charge in [-0.3, -0.25) is 4.79 Å². The lowest BCUT2D eigenvalue weighted by Crippen LogP contribution is -1.93. The third kappa shape index (κ3) is 16.4. The van der Waals surface area contributed by atoms with E-state index in [-0.39, 0.29) is 0 Å². The van der Waals surface area contributed by atoms with Crippen LogP contribution in [0.25, 0.3) is 0 Å². The molecular formula is C18H28O2. The molecule has 2 heteroatoms. The molecule has 0 heterocycles. The van der Waals surface area contributed by atoms with Gasteiger partial charge in [-0.05, 0) is 25.7 Å². The molecule has 0 aliphatic heterocycles. The van der Waals surface area contributed by atoms with Crippen LogP contribution in [-0.2, 0) is 4.79 Å². The fourth-order valence-corrected chi connectivity index (χ4v) is 1.71. The van der Waals surface area contributed by atoms with Gasteiger partial charge in [0.05, 0.1) is 0 Å². The summed E-state index contributed by atoms with van der Waals surface area (Å²) < 4.78 is 0. The van der Waals surface area contributed by atoms with Crippen LogP contribution in [0.2, 0.25) is 0 Å². The molecule has 0 saturated heterocycles. The summed E-state index contributed by atoms with van der Waals surface area (Å²) in [4.78, 5) is 10.3. The maximum atomic E-state index is 10.3. The van der Waals surface area contributed by atoms with Crippen LogP contribution in [-0.4, -0.2) is 11.1 Å².